The van der Waals surface area contributed by atoms with E-state index in [-0.39, 0.29) is 48.8 Å². The molecule has 2 aromatic heterocycles. The van der Waals surface area contributed by atoms with Crippen LogP contribution in [0.4, 0.5) is 0 Å². The first-order valence-electron chi connectivity index (χ1n) is 9.59. The fourth-order valence-corrected chi connectivity index (χ4v) is 3.90. The summed E-state index contributed by atoms with van der Waals surface area (Å²) >= 11 is 0. The van der Waals surface area contributed by atoms with E-state index in [1.54, 1.807) is 12.3 Å². The van der Waals surface area contributed by atoms with Crippen molar-refractivity contribution in [1.29, 1.82) is 0 Å². The Balaban J connectivity index is 1.36. The number of rotatable bonds is 5. The number of aromatic nitrogens is 2. The summed E-state index contributed by atoms with van der Waals surface area (Å²) in [5.74, 6) is -1.58. The van der Waals surface area contributed by atoms with Crippen LogP contribution in [0.5, 0.6) is 0 Å². The third-order valence-corrected chi connectivity index (χ3v) is 5.46. The first-order chi connectivity index (χ1) is 14.0. The summed E-state index contributed by atoms with van der Waals surface area (Å²) in [4.78, 5) is 54.7. The van der Waals surface area contributed by atoms with Crippen LogP contribution in [0.25, 0.3) is 5.65 Å². The minimum Gasteiger partial charge on any atom is -0.459 e. The van der Waals surface area contributed by atoms with E-state index in [2.05, 4.69) is 4.98 Å². The van der Waals surface area contributed by atoms with E-state index in [1.807, 2.05) is 25.1 Å². The van der Waals surface area contributed by atoms with Gasteiger partial charge in [0.1, 0.15) is 12.3 Å². The monoisotopic (exact) mass is 395 g/mol. The zero-order chi connectivity index (χ0) is 20.5. The van der Waals surface area contributed by atoms with Crippen molar-refractivity contribution in [3.63, 3.8) is 0 Å². The number of hydrogen-bond donors (Lipinski definition) is 0. The number of amides is 2. The Labute approximate surface area is 166 Å². The van der Waals surface area contributed by atoms with E-state index < -0.39 is 5.97 Å². The molecule has 2 aliphatic rings. The van der Waals surface area contributed by atoms with E-state index in [4.69, 9.17) is 4.74 Å². The molecule has 2 atom stereocenters. The van der Waals surface area contributed by atoms with Crippen LogP contribution in [0.3, 0.4) is 0 Å². The maximum absolute atomic E-state index is 12.4. The van der Waals surface area contributed by atoms with Gasteiger partial charge in [-0.15, -0.1) is 0 Å². The largest absolute Gasteiger partial charge is 0.459 e. The van der Waals surface area contributed by atoms with Gasteiger partial charge in [0.25, 0.3) is 5.56 Å². The molecule has 3 heterocycles. The number of nitrogens with zero attached hydrogens (tertiary/aromatic N) is 3. The smallest absolute Gasteiger partial charge is 0.307 e. The van der Waals surface area contributed by atoms with Crippen molar-refractivity contribution in [3.05, 3.63) is 58.2 Å². The Morgan fingerprint density at radius 2 is 1.86 bits per heavy atom. The second-order valence-corrected chi connectivity index (χ2v) is 7.37. The molecule has 150 valence electrons. The average molecular weight is 395 g/mol. The van der Waals surface area contributed by atoms with Crippen molar-refractivity contribution in [2.24, 2.45) is 11.8 Å². The molecule has 0 aromatic carbocycles. The molecular formula is C21H21N3O5. The Bertz CT molecular complexity index is 1060. The molecule has 29 heavy (non-hydrogen) atoms. The predicted molar refractivity (Wildman–Crippen MR) is 103 cm³/mol. The van der Waals surface area contributed by atoms with Crippen molar-refractivity contribution in [2.45, 2.75) is 32.8 Å². The Morgan fingerprint density at radius 1 is 1.17 bits per heavy atom. The normalized spacial score (nSPS) is 20.9. The quantitative estimate of drug-likeness (QED) is 0.431. The zero-order valence-electron chi connectivity index (χ0n) is 16.0. The third kappa shape index (κ3) is 3.57. The summed E-state index contributed by atoms with van der Waals surface area (Å²) in [5, 5.41) is 0. The van der Waals surface area contributed by atoms with E-state index in [9.17, 15) is 19.2 Å². The highest BCUT2D eigenvalue weighted by atomic mass is 16.5. The van der Waals surface area contributed by atoms with Crippen LogP contribution in [0.1, 0.15) is 30.5 Å². The summed E-state index contributed by atoms with van der Waals surface area (Å²) in [6, 6.07) is 4.93. The van der Waals surface area contributed by atoms with Gasteiger partial charge in [0, 0.05) is 18.8 Å². The predicted octanol–water partition coefficient (Wildman–Crippen LogP) is 1.39. The number of hydrogen-bond acceptors (Lipinski definition) is 6. The van der Waals surface area contributed by atoms with E-state index in [0.717, 1.165) is 5.56 Å². The molecule has 1 fully saturated rings. The molecule has 0 unspecified atom stereocenters. The highest BCUT2D eigenvalue weighted by Crippen LogP contribution is 2.35. The molecular weight excluding hydrogens is 374 g/mol. The SMILES string of the molecule is Cc1cccn2c(=O)cc(COC(=O)CCN3C(=O)[C@H]4CC=CC[C@@H]4C3=O)nc12. The highest BCUT2D eigenvalue weighted by molar-refractivity contribution is 6.05. The van der Waals surface area contributed by atoms with Gasteiger partial charge in [-0.3, -0.25) is 28.5 Å². The van der Waals surface area contributed by atoms with Crippen molar-refractivity contribution in [1.82, 2.24) is 14.3 Å². The molecule has 2 amide bonds. The van der Waals surface area contributed by atoms with Crippen molar-refractivity contribution >= 4 is 23.4 Å². The first-order valence-corrected chi connectivity index (χ1v) is 9.59. The van der Waals surface area contributed by atoms with Crippen LogP contribution >= 0.6 is 0 Å². The Hall–Kier alpha value is -3.29. The number of pyridine rings is 1. The maximum Gasteiger partial charge on any atom is 0.307 e. The van der Waals surface area contributed by atoms with Gasteiger partial charge in [-0.25, -0.2) is 4.98 Å². The molecule has 1 saturated heterocycles. The van der Waals surface area contributed by atoms with Gasteiger partial charge in [0.15, 0.2) is 0 Å². The van der Waals surface area contributed by atoms with Crippen molar-refractivity contribution in [3.8, 4) is 0 Å². The molecule has 4 rings (SSSR count). The molecule has 0 saturated carbocycles. The van der Waals surface area contributed by atoms with Crippen molar-refractivity contribution < 1.29 is 19.1 Å². The van der Waals surface area contributed by atoms with Gasteiger partial charge in [-0.05, 0) is 31.4 Å². The van der Waals surface area contributed by atoms with E-state index in [0.29, 0.717) is 24.2 Å². The number of esters is 1. The van der Waals surface area contributed by atoms with E-state index in [1.165, 1.54) is 15.4 Å². The Morgan fingerprint density at radius 3 is 2.55 bits per heavy atom. The van der Waals surface area contributed by atoms with Gasteiger partial charge in [0.2, 0.25) is 11.8 Å². The van der Waals surface area contributed by atoms with Crippen LogP contribution in [-0.4, -0.2) is 38.6 Å². The average Bonchev–Trinajstić information content (AvgIpc) is 2.96. The van der Waals surface area contributed by atoms with Crippen LogP contribution in [-0.2, 0) is 25.7 Å². The summed E-state index contributed by atoms with van der Waals surface area (Å²) in [7, 11) is 0. The van der Waals surface area contributed by atoms with Crippen LogP contribution in [0.15, 0.2) is 41.3 Å². The second kappa shape index (κ2) is 7.62. The molecule has 0 radical (unpaired) electrons. The molecule has 1 aliphatic carbocycles. The lowest BCUT2D eigenvalue weighted by Crippen LogP contribution is -2.33. The van der Waals surface area contributed by atoms with Crippen LogP contribution < -0.4 is 5.56 Å². The number of fused-ring (bicyclic) bond motifs is 2. The minimum absolute atomic E-state index is 0.0103. The van der Waals surface area contributed by atoms with Gasteiger partial charge >= 0.3 is 5.97 Å². The molecule has 0 N–H and O–H groups in total. The number of ether oxygens (including phenoxy) is 1. The van der Waals surface area contributed by atoms with Crippen LogP contribution in [0.2, 0.25) is 0 Å². The number of allylic oxidation sites excluding steroid dienone is 2. The molecule has 2 aromatic rings. The molecule has 0 spiro atoms. The molecule has 0 bridgehead atoms. The minimum atomic E-state index is -0.551. The maximum atomic E-state index is 12.4. The molecule has 1 aliphatic heterocycles. The number of carbonyl (C=O) groups is 3. The lowest BCUT2D eigenvalue weighted by molar-refractivity contribution is -0.146. The highest BCUT2D eigenvalue weighted by Gasteiger charge is 2.46. The summed E-state index contributed by atoms with van der Waals surface area (Å²) in [6.45, 7) is 1.71. The lowest BCUT2D eigenvalue weighted by Gasteiger charge is -2.14. The van der Waals surface area contributed by atoms with Gasteiger partial charge < -0.3 is 4.74 Å². The zero-order valence-corrected chi connectivity index (χ0v) is 16.0. The molecule has 8 nitrogen and oxygen atoms in total. The summed E-state index contributed by atoms with van der Waals surface area (Å²) in [6.07, 6.45) is 6.52. The standard InChI is InChI=1S/C21H21N3O5/c1-13-5-4-9-23-17(25)11-14(22-19(13)23)12-29-18(26)8-10-24-20(27)15-6-2-3-7-16(15)21(24)28/h2-5,9,11,15-16H,6-8,10,12H2,1H3/t15-,16-/m0/s1. The number of aryl methyl sites for hydroxylation is 1. The topological polar surface area (TPSA) is 98.0 Å². The number of imide groups is 1. The summed E-state index contributed by atoms with van der Waals surface area (Å²) < 4.78 is 6.64. The van der Waals surface area contributed by atoms with Gasteiger partial charge in [-0.2, -0.15) is 0 Å². The number of likely N-dealkylation sites (tertiary alicyclic amines) is 1. The third-order valence-electron chi connectivity index (χ3n) is 5.46. The van der Waals surface area contributed by atoms with Crippen molar-refractivity contribution in [2.75, 3.05) is 6.54 Å². The van der Waals surface area contributed by atoms with Crippen LogP contribution in [0, 0.1) is 18.8 Å². The fourth-order valence-electron chi connectivity index (χ4n) is 3.90. The first kappa shape index (κ1) is 19.0. The fraction of sp³-hybridized carbons (Fsp3) is 0.381. The lowest BCUT2D eigenvalue weighted by atomic mass is 9.85. The van der Waals surface area contributed by atoms with E-state index >= 15 is 0 Å². The number of carbonyl (C=O) groups excluding carboxylic acids is 3. The Kier molecular flexibility index (Phi) is 5.00. The summed E-state index contributed by atoms with van der Waals surface area (Å²) in [5.41, 5.74) is 1.44. The molecule has 8 heteroatoms. The second-order valence-electron chi connectivity index (χ2n) is 7.37. The van der Waals surface area contributed by atoms with Gasteiger partial charge in [0.05, 0.1) is 24.0 Å². The van der Waals surface area contributed by atoms with Gasteiger partial charge in [-0.1, -0.05) is 18.2 Å².